The molecule has 1 atom stereocenters. The summed E-state index contributed by atoms with van der Waals surface area (Å²) in [6.07, 6.45) is 1.48. The summed E-state index contributed by atoms with van der Waals surface area (Å²) in [4.78, 5) is 15.9. The smallest absolute Gasteiger partial charge is 0.406 e. The second kappa shape index (κ2) is 5.97. The Balaban J connectivity index is 2.28. The molecule has 0 aliphatic carbocycles. The lowest BCUT2D eigenvalue weighted by Crippen LogP contribution is -2.12. The molecule has 9 heteroatoms. The van der Waals surface area contributed by atoms with E-state index in [1.165, 1.54) is 22.1 Å². The first-order chi connectivity index (χ1) is 8.93. The summed E-state index contributed by atoms with van der Waals surface area (Å²) in [5.74, 6) is -0.113. The van der Waals surface area contributed by atoms with Gasteiger partial charge in [-0.3, -0.25) is 0 Å². The molecule has 2 heterocycles. The van der Waals surface area contributed by atoms with Crippen LogP contribution in [0.5, 0.6) is 0 Å². The third kappa shape index (κ3) is 3.61. The lowest BCUT2D eigenvalue weighted by molar-refractivity contribution is 0.387. The summed E-state index contributed by atoms with van der Waals surface area (Å²) in [5.41, 5.74) is -1.11. The van der Waals surface area contributed by atoms with E-state index in [1.54, 1.807) is 6.07 Å². The van der Waals surface area contributed by atoms with Crippen LogP contribution >= 0.6 is 28.4 Å². The van der Waals surface area contributed by atoms with Gasteiger partial charge in [-0.15, -0.1) is 0 Å². The molecule has 19 heavy (non-hydrogen) atoms. The average molecular weight is 339 g/mol. The molecule has 0 aliphatic rings. The van der Waals surface area contributed by atoms with Crippen molar-refractivity contribution in [1.82, 2.24) is 9.55 Å². The van der Waals surface area contributed by atoms with E-state index in [0.717, 1.165) is 0 Å². The molecule has 0 saturated carbocycles. The van der Waals surface area contributed by atoms with E-state index in [2.05, 4.69) is 4.98 Å². The van der Waals surface area contributed by atoms with Gasteiger partial charge in [-0.2, -0.15) is 0 Å². The highest BCUT2D eigenvalue weighted by atomic mass is 35.5. The highest BCUT2D eigenvalue weighted by Gasteiger charge is 2.15. The molecule has 0 bridgehead atoms. The predicted molar refractivity (Wildman–Crippen MR) is 82.7 cm³/mol. The van der Waals surface area contributed by atoms with Crippen molar-refractivity contribution in [1.29, 1.82) is 0 Å². The van der Waals surface area contributed by atoms with Gasteiger partial charge in [-0.05, 0) is 13.6 Å². The normalized spacial score (nSPS) is 14.7. The molecule has 5 nitrogen and oxygen atoms in total. The maximum absolute atomic E-state index is 11.8. The van der Waals surface area contributed by atoms with Crippen molar-refractivity contribution in [3.63, 3.8) is 0 Å². The second-order valence-corrected chi connectivity index (χ2v) is 12.1. The van der Waals surface area contributed by atoms with Crippen LogP contribution in [0, 0.1) is 0 Å². The largest absolute Gasteiger partial charge is 0.421 e. The second-order valence-electron chi connectivity index (χ2n) is 3.72. The van der Waals surface area contributed by atoms with Crippen LogP contribution in [0.15, 0.2) is 21.5 Å². The first-order valence-corrected chi connectivity index (χ1v) is 10.6. The summed E-state index contributed by atoms with van der Waals surface area (Å²) in [6, 6.07) is 1.57. The van der Waals surface area contributed by atoms with Crippen molar-refractivity contribution in [2.75, 3.05) is 13.3 Å². The lowest BCUT2D eigenvalue weighted by atomic mass is 10.4. The van der Waals surface area contributed by atoms with Crippen molar-refractivity contribution in [2.45, 2.75) is 12.8 Å². The van der Waals surface area contributed by atoms with E-state index in [4.69, 9.17) is 32.3 Å². The predicted octanol–water partition coefficient (Wildman–Crippen LogP) is 3.31. The minimum atomic E-state index is -1.95. The van der Waals surface area contributed by atoms with Crippen molar-refractivity contribution in [3.05, 3.63) is 27.8 Å². The van der Waals surface area contributed by atoms with E-state index in [-0.39, 0.29) is 0 Å². The molecule has 0 N–H and O–H groups in total. The Hall–Kier alpha value is -0.330. The maximum Gasteiger partial charge on any atom is 0.421 e. The topological polar surface area (TPSA) is 57.3 Å². The summed E-state index contributed by atoms with van der Waals surface area (Å²) in [5, 5.41) is 0.427. The van der Waals surface area contributed by atoms with Gasteiger partial charge in [-0.1, -0.05) is 34.8 Å². The number of halogens is 1. The molecule has 0 fully saturated rings. The Morgan fingerprint density at radius 2 is 2.42 bits per heavy atom. The fraction of sp³-hybridized carbons (Fsp3) is 0.400. The Kier molecular flexibility index (Phi) is 4.74. The molecular weight excluding hydrogens is 327 g/mol. The Morgan fingerprint density at radius 3 is 3.11 bits per heavy atom. The molecule has 0 radical (unpaired) electrons. The Labute approximate surface area is 124 Å². The van der Waals surface area contributed by atoms with Gasteiger partial charge in [0.25, 0.3) is 0 Å². The maximum atomic E-state index is 11.8. The molecular formula is C10H12ClN2O3PS2. The molecule has 2 aromatic heterocycles. The average Bonchev–Trinajstić information content (AvgIpc) is 2.61. The van der Waals surface area contributed by atoms with Crippen molar-refractivity contribution in [2.24, 2.45) is 0 Å². The zero-order chi connectivity index (χ0) is 14.0. The van der Waals surface area contributed by atoms with E-state index < -0.39 is 11.2 Å². The van der Waals surface area contributed by atoms with E-state index in [0.29, 0.717) is 28.7 Å². The minimum Gasteiger partial charge on any atom is -0.406 e. The van der Waals surface area contributed by atoms with Gasteiger partial charge in [0.05, 0.1) is 10.9 Å². The number of fused-ring (bicyclic) bond motifs is 1. The molecule has 104 valence electrons. The van der Waals surface area contributed by atoms with Crippen LogP contribution in [0.1, 0.15) is 6.92 Å². The van der Waals surface area contributed by atoms with Gasteiger partial charge in [0, 0.05) is 18.9 Å². The minimum absolute atomic E-state index is 0.355. The Morgan fingerprint density at radius 1 is 1.68 bits per heavy atom. The fourth-order valence-electron chi connectivity index (χ4n) is 1.48. The van der Waals surface area contributed by atoms with Crippen molar-refractivity contribution < 1.29 is 8.94 Å². The fourth-order valence-corrected chi connectivity index (χ4v) is 4.98. The van der Waals surface area contributed by atoms with Gasteiger partial charge < -0.3 is 8.94 Å². The first-order valence-electron chi connectivity index (χ1n) is 5.44. The molecule has 0 saturated heterocycles. The van der Waals surface area contributed by atoms with Crippen molar-refractivity contribution >= 4 is 51.5 Å². The van der Waals surface area contributed by atoms with Crippen molar-refractivity contribution in [3.8, 4) is 0 Å². The summed E-state index contributed by atoms with van der Waals surface area (Å²) < 4.78 is 12.0. The lowest BCUT2D eigenvalue weighted by Gasteiger charge is -2.15. The van der Waals surface area contributed by atoms with Gasteiger partial charge in [-0.25, -0.2) is 14.3 Å². The van der Waals surface area contributed by atoms with Gasteiger partial charge in [0.15, 0.2) is 11.2 Å². The molecule has 2 aromatic rings. The molecule has 0 aliphatic heterocycles. The van der Waals surface area contributed by atoms with Crippen LogP contribution in [0.25, 0.3) is 11.2 Å². The molecule has 2 rings (SSSR count). The van der Waals surface area contributed by atoms with Crippen LogP contribution in [0.4, 0.5) is 0 Å². The van der Waals surface area contributed by atoms with Crippen LogP contribution in [0.2, 0.25) is 5.02 Å². The Bertz CT molecular complexity index is 700. The SMILES string of the molecule is CCOP(C)(=S)SCn1c(=O)oc2cc(Cl)cnc21. The molecule has 0 amide bonds. The van der Waals surface area contributed by atoms with E-state index >= 15 is 0 Å². The highest BCUT2D eigenvalue weighted by molar-refractivity contribution is 8.68. The monoisotopic (exact) mass is 338 g/mol. The number of aromatic nitrogens is 2. The van der Waals surface area contributed by atoms with Crippen LogP contribution in [0.3, 0.4) is 0 Å². The summed E-state index contributed by atoms with van der Waals surface area (Å²) in [7, 11) is 0. The number of hydrogen-bond donors (Lipinski definition) is 0. The number of pyridine rings is 1. The first kappa shape index (κ1) is 15.1. The van der Waals surface area contributed by atoms with Crippen LogP contribution in [-0.2, 0) is 22.2 Å². The van der Waals surface area contributed by atoms with E-state index in [9.17, 15) is 4.79 Å². The number of hydrogen-bond acceptors (Lipinski definition) is 6. The quantitative estimate of drug-likeness (QED) is 0.780. The summed E-state index contributed by atoms with van der Waals surface area (Å²) in [6.45, 7) is 4.35. The third-order valence-electron chi connectivity index (χ3n) is 2.26. The summed E-state index contributed by atoms with van der Waals surface area (Å²) >= 11 is 12.6. The molecule has 0 aromatic carbocycles. The molecule has 0 spiro atoms. The zero-order valence-corrected chi connectivity index (χ0v) is 13.6. The number of oxazole rings is 1. The zero-order valence-electron chi connectivity index (χ0n) is 10.3. The molecule has 1 unspecified atom stereocenters. The van der Waals surface area contributed by atoms with E-state index in [1.807, 2.05) is 13.6 Å². The van der Waals surface area contributed by atoms with Crippen LogP contribution < -0.4 is 5.76 Å². The standard InChI is InChI=1S/C10H12ClN2O3PS2/c1-3-15-17(2,18)19-6-13-9-8(16-10(13)14)4-7(11)5-12-9/h4-5H,3,6H2,1-2H3. The van der Waals surface area contributed by atoms with Gasteiger partial charge in [0.1, 0.15) is 5.47 Å². The van der Waals surface area contributed by atoms with Crippen LogP contribution in [-0.4, -0.2) is 22.8 Å². The van der Waals surface area contributed by atoms with Gasteiger partial charge >= 0.3 is 5.76 Å². The number of nitrogens with zero attached hydrogens (tertiary/aromatic N) is 2. The highest BCUT2D eigenvalue weighted by Crippen LogP contribution is 2.57. The third-order valence-corrected chi connectivity index (χ3v) is 7.37. The number of rotatable bonds is 5. The van der Waals surface area contributed by atoms with Gasteiger partial charge in [0.2, 0.25) is 0 Å².